The zero-order valence-corrected chi connectivity index (χ0v) is 12.1. The average Bonchev–Trinajstić information content (AvgIpc) is 2.78. The van der Waals surface area contributed by atoms with Gasteiger partial charge in [-0.2, -0.15) is 18.2 Å². The van der Waals surface area contributed by atoms with E-state index in [0.717, 1.165) is 16.2 Å². The smallest absolute Gasteiger partial charge is 0.395 e. The zero-order valence-electron chi connectivity index (χ0n) is 11.3. The van der Waals surface area contributed by atoms with Crippen LogP contribution >= 0.6 is 11.3 Å². The lowest BCUT2D eigenvalue weighted by Gasteiger charge is -2.24. The van der Waals surface area contributed by atoms with Gasteiger partial charge in [-0.3, -0.25) is 0 Å². The molecule has 0 saturated carbocycles. The van der Waals surface area contributed by atoms with Gasteiger partial charge in [0.25, 0.3) is 0 Å². The fourth-order valence-electron chi connectivity index (χ4n) is 1.98. The molecule has 21 heavy (non-hydrogen) atoms. The number of nitrogens with zero attached hydrogens (tertiary/aromatic N) is 3. The van der Waals surface area contributed by atoms with Gasteiger partial charge in [-0.05, 0) is 12.5 Å². The van der Waals surface area contributed by atoms with Crippen molar-refractivity contribution in [3.8, 4) is 0 Å². The van der Waals surface area contributed by atoms with E-state index in [1.807, 2.05) is 6.92 Å². The number of nitrogen functional groups attached to an aromatic ring is 1. The molecule has 9 heteroatoms. The third-order valence-electron chi connectivity index (χ3n) is 2.83. The van der Waals surface area contributed by atoms with Crippen LogP contribution in [0.25, 0.3) is 10.2 Å². The number of aromatic nitrogens is 2. The maximum Gasteiger partial charge on any atom is 0.405 e. The Labute approximate surface area is 123 Å². The van der Waals surface area contributed by atoms with Crippen molar-refractivity contribution in [1.29, 1.82) is 0 Å². The van der Waals surface area contributed by atoms with E-state index in [4.69, 9.17) is 10.8 Å². The van der Waals surface area contributed by atoms with E-state index < -0.39 is 19.3 Å². The Kier molecular flexibility index (Phi) is 4.52. The molecule has 116 valence electrons. The molecular weight excluding hydrogens is 305 g/mol. The summed E-state index contributed by atoms with van der Waals surface area (Å²) < 4.78 is 38.1. The molecule has 2 rings (SSSR count). The predicted octanol–water partition coefficient (Wildman–Crippen LogP) is 2.20. The Balaban J connectivity index is 2.52. The van der Waals surface area contributed by atoms with Crippen molar-refractivity contribution >= 4 is 33.3 Å². The number of hydrogen-bond donors (Lipinski definition) is 2. The van der Waals surface area contributed by atoms with Crippen LogP contribution in [0.2, 0.25) is 0 Å². The third kappa shape index (κ3) is 3.73. The van der Waals surface area contributed by atoms with Crippen molar-refractivity contribution in [1.82, 2.24) is 9.97 Å². The standard InChI is InChI=1S/C12H15F3N4OS/c1-2-7-5-8-9(17-11(16)18-10(8)21-7)19(3-4-20)6-12(13,14)15/h5,20H,2-4,6H2,1H3,(H2,16,17,18). The molecule has 0 atom stereocenters. The van der Waals surface area contributed by atoms with E-state index in [1.54, 1.807) is 6.07 Å². The predicted molar refractivity (Wildman–Crippen MR) is 76.6 cm³/mol. The summed E-state index contributed by atoms with van der Waals surface area (Å²) in [4.78, 5) is 10.5. The van der Waals surface area contributed by atoms with Gasteiger partial charge in [-0.25, -0.2) is 4.98 Å². The molecule has 0 aliphatic rings. The number of thiophene rings is 1. The summed E-state index contributed by atoms with van der Waals surface area (Å²) in [6.07, 6.45) is -3.65. The average molecular weight is 320 g/mol. The van der Waals surface area contributed by atoms with Crippen LogP contribution in [0, 0.1) is 0 Å². The minimum absolute atomic E-state index is 0.0767. The fraction of sp³-hybridized carbons (Fsp3) is 0.500. The van der Waals surface area contributed by atoms with Gasteiger partial charge in [0.05, 0.1) is 12.0 Å². The van der Waals surface area contributed by atoms with Gasteiger partial charge in [0.1, 0.15) is 17.2 Å². The van der Waals surface area contributed by atoms with Crippen LogP contribution in [0.5, 0.6) is 0 Å². The van der Waals surface area contributed by atoms with Crippen molar-refractivity contribution < 1.29 is 18.3 Å². The van der Waals surface area contributed by atoms with Crippen LogP contribution in [0.4, 0.5) is 24.9 Å². The first-order chi connectivity index (χ1) is 9.84. The van der Waals surface area contributed by atoms with Crippen molar-refractivity contribution in [2.45, 2.75) is 19.5 Å². The Bertz CT molecular complexity index is 629. The quantitative estimate of drug-likeness (QED) is 0.883. The first-order valence-electron chi connectivity index (χ1n) is 6.32. The molecule has 3 N–H and O–H groups in total. The number of halogens is 3. The zero-order chi connectivity index (χ0) is 15.6. The number of aliphatic hydroxyl groups is 1. The highest BCUT2D eigenvalue weighted by Gasteiger charge is 2.32. The largest absolute Gasteiger partial charge is 0.405 e. The molecular formula is C12H15F3N4OS. The van der Waals surface area contributed by atoms with Crippen LogP contribution < -0.4 is 10.6 Å². The summed E-state index contributed by atoms with van der Waals surface area (Å²) in [6.45, 7) is 0.160. The molecule has 0 spiro atoms. The van der Waals surface area contributed by atoms with Gasteiger partial charge in [-0.15, -0.1) is 11.3 Å². The molecule has 0 unspecified atom stereocenters. The Hall–Kier alpha value is -1.61. The molecule has 2 heterocycles. The summed E-state index contributed by atoms with van der Waals surface area (Å²) in [7, 11) is 0. The highest BCUT2D eigenvalue weighted by Crippen LogP contribution is 2.33. The maximum atomic E-state index is 12.7. The number of nitrogens with two attached hydrogens (primary N) is 1. The monoisotopic (exact) mass is 320 g/mol. The second-order valence-corrected chi connectivity index (χ2v) is 5.57. The van der Waals surface area contributed by atoms with Crippen molar-refractivity contribution in [2.24, 2.45) is 0 Å². The van der Waals surface area contributed by atoms with E-state index in [-0.39, 0.29) is 18.3 Å². The summed E-state index contributed by atoms with van der Waals surface area (Å²) in [5, 5.41) is 9.54. The lowest BCUT2D eigenvalue weighted by Crippen LogP contribution is -2.37. The van der Waals surface area contributed by atoms with Gasteiger partial charge in [-0.1, -0.05) is 6.92 Å². The highest BCUT2D eigenvalue weighted by molar-refractivity contribution is 7.18. The van der Waals surface area contributed by atoms with E-state index in [9.17, 15) is 13.2 Å². The van der Waals surface area contributed by atoms with Crippen LogP contribution in [0.15, 0.2) is 6.07 Å². The normalized spacial score (nSPS) is 12.0. The number of alkyl halides is 3. The highest BCUT2D eigenvalue weighted by atomic mass is 32.1. The molecule has 0 amide bonds. The molecule has 2 aromatic heterocycles. The Morgan fingerprint density at radius 2 is 2.10 bits per heavy atom. The van der Waals surface area contributed by atoms with E-state index in [1.165, 1.54) is 11.3 Å². The molecule has 0 saturated heterocycles. The van der Waals surface area contributed by atoms with Gasteiger partial charge in [0.15, 0.2) is 0 Å². The van der Waals surface area contributed by atoms with Crippen LogP contribution in [-0.2, 0) is 6.42 Å². The molecule has 0 fully saturated rings. The van der Waals surface area contributed by atoms with Gasteiger partial charge < -0.3 is 15.7 Å². The van der Waals surface area contributed by atoms with E-state index >= 15 is 0 Å². The molecule has 0 radical (unpaired) electrons. The first-order valence-corrected chi connectivity index (χ1v) is 7.14. The SMILES string of the molecule is CCc1cc2c(N(CCO)CC(F)(F)F)nc(N)nc2s1. The lowest BCUT2D eigenvalue weighted by atomic mass is 10.3. The first kappa shape index (κ1) is 15.8. The number of aryl methyl sites for hydroxylation is 1. The molecule has 0 aromatic carbocycles. The topological polar surface area (TPSA) is 75.3 Å². The second kappa shape index (κ2) is 6.02. The Morgan fingerprint density at radius 3 is 2.67 bits per heavy atom. The maximum absolute atomic E-state index is 12.7. The minimum atomic E-state index is -4.40. The summed E-state index contributed by atoms with van der Waals surface area (Å²) >= 11 is 1.38. The molecule has 5 nitrogen and oxygen atoms in total. The minimum Gasteiger partial charge on any atom is -0.395 e. The van der Waals surface area contributed by atoms with Crippen LogP contribution in [0.1, 0.15) is 11.8 Å². The molecule has 0 bridgehead atoms. The van der Waals surface area contributed by atoms with Gasteiger partial charge >= 0.3 is 6.18 Å². The number of anilines is 2. The van der Waals surface area contributed by atoms with E-state index in [2.05, 4.69) is 9.97 Å². The number of hydrogen-bond acceptors (Lipinski definition) is 6. The Morgan fingerprint density at radius 1 is 1.38 bits per heavy atom. The van der Waals surface area contributed by atoms with Crippen molar-refractivity contribution in [3.05, 3.63) is 10.9 Å². The summed E-state index contributed by atoms with van der Waals surface area (Å²) in [5.74, 6) is 0.0342. The second-order valence-electron chi connectivity index (χ2n) is 4.45. The number of fused-ring (bicyclic) bond motifs is 1. The number of aliphatic hydroxyl groups excluding tert-OH is 1. The van der Waals surface area contributed by atoms with Crippen molar-refractivity contribution in [2.75, 3.05) is 30.3 Å². The van der Waals surface area contributed by atoms with Gasteiger partial charge in [0.2, 0.25) is 5.95 Å². The molecule has 0 aliphatic carbocycles. The van der Waals surface area contributed by atoms with Crippen LogP contribution in [0.3, 0.4) is 0 Å². The molecule has 0 aliphatic heterocycles. The fourth-order valence-corrected chi connectivity index (χ4v) is 2.95. The van der Waals surface area contributed by atoms with Crippen molar-refractivity contribution in [3.63, 3.8) is 0 Å². The molecule has 2 aromatic rings. The number of rotatable bonds is 5. The summed E-state index contributed by atoms with van der Waals surface area (Å²) in [6, 6.07) is 1.77. The van der Waals surface area contributed by atoms with Gasteiger partial charge in [0, 0.05) is 11.4 Å². The summed E-state index contributed by atoms with van der Waals surface area (Å²) in [5.41, 5.74) is 5.59. The van der Waals surface area contributed by atoms with E-state index in [0.29, 0.717) is 10.2 Å². The third-order valence-corrected chi connectivity index (χ3v) is 4.00. The van der Waals surface area contributed by atoms with Crippen LogP contribution in [-0.4, -0.2) is 40.9 Å². The lowest BCUT2D eigenvalue weighted by molar-refractivity contribution is -0.119.